The van der Waals surface area contributed by atoms with Gasteiger partial charge in [0, 0.05) is 5.56 Å². The number of nitrogens with zero attached hydrogens (tertiary/aromatic N) is 1. The van der Waals surface area contributed by atoms with Crippen LogP contribution >= 0.6 is 0 Å². The number of hydrogen-bond donors (Lipinski definition) is 2. The number of para-hydroxylation sites is 1. The van der Waals surface area contributed by atoms with Crippen molar-refractivity contribution in [2.24, 2.45) is 5.92 Å². The molecule has 1 heterocycles. The maximum absolute atomic E-state index is 13.4. The van der Waals surface area contributed by atoms with E-state index in [1.165, 1.54) is 5.01 Å². The van der Waals surface area contributed by atoms with Crippen LogP contribution in [0.25, 0.3) is 11.1 Å². The standard InChI is InChI=1S/C25H31N3O4/c1-15(2)21(26-24(31)32-25(4,5)6)22(29)27-28-20-14-10-9-13-19(20)18-12-8-7-11-17(18)16(3)23(28)30/h7-16,21H,1-6H3,(H,26,31)(H,27,29)/t16?,21-/m0/s1. The SMILES string of the molecule is CC1C(=O)N(NC(=O)[C@@H](NC(=O)OC(C)(C)C)C(C)C)c2ccccc2-c2ccccc21. The van der Waals surface area contributed by atoms with E-state index in [9.17, 15) is 14.4 Å². The second-order valence-corrected chi connectivity index (χ2v) is 9.34. The number of amides is 3. The van der Waals surface area contributed by atoms with Crippen molar-refractivity contribution in [1.82, 2.24) is 10.7 Å². The van der Waals surface area contributed by atoms with Crippen LogP contribution in [0.3, 0.4) is 0 Å². The molecule has 2 aromatic carbocycles. The van der Waals surface area contributed by atoms with Crippen LogP contribution in [0.4, 0.5) is 10.5 Å². The molecule has 0 aliphatic carbocycles. The lowest BCUT2D eigenvalue weighted by molar-refractivity contribution is -0.128. The third-order valence-electron chi connectivity index (χ3n) is 5.30. The average Bonchev–Trinajstić information content (AvgIpc) is 2.80. The number of ether oxygens (including phenoxy) is 1. The van der Waals surface area contributed by atoms with Crippen LogP contribution in [0.15, 0.2) is 48.5 Å². The monoisotopic (exact) mass is 437 g/mol. The third kappa shape index (κ3) is 4.93. The fourth-order valence-electron chi connectivity index (χ4n) is 3.73. The number of fused-ring (bicyclic) bond motifs is 3. The molecule has 1 aliphatic heterocycles. The molecule has 1 aliphatic rings. The molecule has 3 amide bonds. The zero-order valence-corrected chi connectivity index (χ0v) is 19.4. The summed E-state index contributed by atoms with van der Waals surface area (Å²) in [6, 6.07) is 14.3. The van der Waals surface area contributed by atoms with E-state index in [0.29, 0.717) is 5.69 Å². The first-order chi connectivity index (χ1) is 15.0. The van der Waals surface area contributed by atoms with Gasteiger partial charge in [0.25, 0.3) is 11.8 Å². The quantitative estimate of drug-likeness (QED) is 0.743. The van der Waals surface area contributed by atoms with Crippen molar-refractivity contribution in [3.8, 4) is 11.1 Å². The van der Waals surface area contributed by atoms with Gasteiger partial charge in [0.15, 0.2) is 0 Å². The van der Waals surface area contributed by atoms with Crippen molar-refractivity contribution in [2.75, 3.05) is 5.01 Å². The molecule has 0 saturated heterocycles. The molecule has 0 fully saturated rings. The lowest BCUT2D eigenvalue weighted by Crippen LogP contribution is -2.57. The second kappa shape index (κ2) is 9.02. The molecule has 32 heavy (non-hydrogen) atoms. The minimum Gasteiger partial charge on any atom is -0.444 e. The van der Waals surface area contributed by atoms with Crippen LogP contribution in [0, 0.1) is 5.92 Å². The number of alkyl carbamates (subject to hydrolysis) is 1. The number of nitrogens with one attached hydrogen (secondary N) is 2. The summed E-state index contributed by atoms with van der Waals surface area (Å²) in [6.45, 7) is 10.7. The Morgan fingerprint density at radius 1 is 1.00 bits per heavy atom. The van der Waals surface area contributed by atoms with Crippen molar-refractivity contribution in [3.63, 3.8) is 0 Å². The molecule has 7 heteroatoms. The van der Waals surface area contributed by atoms with Gasteiger partial charge in [-0.2, -0.15) is 0 Å². The highest BCUT2D eigenvalue weighted by molar-refractivity contribution is 6.06. The summed E-state index contributed by atoms with van der Waals surface area (Å²) in [7, 11) is 0. The Bertz CT molecular complexity index is 1030. The normalized spacial score (nSPS) is 16.5. The van der Waals surface area contributed by atoms with E-state index in [0.717, 1.165) is 16.7 Å². The lowest BCUT2D eigenvalue weighted by atomic mass is 9.92. The molecule has 2 N–H and O–H groups in total. The number of hydrazine groups is 1. The highest BCUT2D eigenvalue weighted by atomic mass is 16.6. The largest absolute Gasteiger partial charge is 0.444 e. The Morgan fingerprint density at radius 2 is 1.59 bits per heavy atom. The Kier molecular flexibility index (Phi) is 6.57. The second-order valence-electron chi connectivity index (χ2n) is 9.34. The Labute approximate surface area is 189 Å². The predicted molar refractivity (Wildman–Crippen MR) is 124 cm³/mol. The maximum atomic E-state index is 13.4. The van der Waals surface area contributed by atoms with Crippen LogP contribution in [-0.2, 0) is 14.3 Å². The number of hydrogen-bond acceptors (Lipinski definition) is 4. The molecule has 0 spiro atoms. The van der Waals surface area contributed by atoms with E-state index in [1.807, 2.05) is 63.2 Å². The zero-order chi connectivity index (χ0) is 23.6. The van der Waals surface area contributed by atoms with Gasteiger partial charge in [0.2, 0.25) is 0 Å². The van der Waals surface area contributed by atoms with E-state index in [1.54, 1.807) is 26.8 Å². The van der Waals surface area contributed by atoms with Gasteiger partial charge in [-0.15, -0.1) is 0 Å². The third-order valence-corrected chi connectivity index (χ3v) is 5.30. The summed E-state index contributed by atoms with van der Waals surface area (Å²) < 4.78 is 5.30. The van der Waals surface area contributed by atoms with E-state index in [-0.39, 0.29) is 11.8 Å². The van der Waals surface area contributed by atoms with E-state index in [4.69, 9.17) is 4.74 Å². The molecule has 7 nitrogen and oxygen atoms in total. The van der Waals surface area contributed by atoms with Crippen molar-refractivity contribution < 1.29 is 19.1 Å². The van der Waals surface area contributed by atoms with Crippen molar-refractivity contribution in [1.29, 1.82) is 0 Å². The van der Waals surface area contributed by atoms with Gasteiger partial charge in [-0.3, -0.25) is 15.0 Å². The van der Waals surface area contributed by atoms with Gasteiger partial charge in [-0.05, 0) is 50.8 Å². The number of anilines is 1. The van der Waals surface area contributed by atoms with Gasteiger partial charge >= 0.3 is 6.09 Å². The van der Waals surface area contributed by atoms with Crippen LogP contribution in [-0.4, -0.2) is 29.6 Å². The Balaban J connectivity index is 1.92. The summed E-state index contributed by atoms with van der Waals surface area (Å²) in [5.74, 6) is -1.44. The Morgan fingerprint density at radius 3 is 2.22 bits per heavy atom. The summed E-state index contributed by atoms with van der Waals surface area (Å²) in [6.07, 6.45) is -0.685. The smallest absolute Gasteiger partial charge is 0.408 e. The molecule has 170 valence electrons. The minimum absolute atomic E-state index is 0.227. The van der Waals surface area contributed by atoms with E-state index >= 15 is 0 Å². The Hall–Kier alpha value is -3.35. The molecule has 0 bridgehead atoms. The van der Waals surface area contributed by atoms with Gasteiger partial charge < -0.3 is 10.1 Å². The molecular formula is C25H31N3O4. The average molecular weight is 438 g/mol. The number of carbonyl (C=O) groups excluding carboxylic acids is 3. The molecule has 0 saturated carbocycles. The molecule has 2 aromatic rings. The van der Waals surface area contributed by atoms with Gasteiger partial charge in [-0.1, -0.05) is 56.3 Å². The minimum atomic E-state index is -0.884. The summed E-state index contributed by atoms with van der Waals surface area (Å²) in [5, 5.41) is 3.93. The van der Waals surface area contributed by atoms with Crippen LogP contribution in [0.2, 0.25) is 0 Å². The summed E-state index contributed by atoms with van der Waals surface area (Å²) in [5.41, 5.74) is 5.35. The number of benzene rings is 2. The predicted octanol–water partition coefficient (Wildman–Crippen LogP) is 4.38. The molecular weight excluding hydrogens is 406 g/mol. The lowest BCUT2D eigenvalue weighted by Gasteiger charge is -2.29. The summed E-state index contributed by atoms with van der Waals surface area (Å²) in [4.78, 5) is 38.9. The van der Waals surface area contributed by atoms with Crippen LogP contribution in [0.1, 0.15) is 53.0 Å². The van der Waals surface area contributed by atoms with Gasteiger partial charge in [0.05, 0.1) is 11.6 Å². The maximum Gasteiger partial charge on any atom is 0.408 e. The fourth-order valence-corrected chi connectivity index (χ4v) is 3.73. The van der Waals surface area contributed by atoms with Crippen molar-refractivity contribution >= 4 is 23.6 Å². The molecule has 0 aromatic heterocycles. The first-order valence-electron chi connectivity index (χ1n) is 10.8. The molecule has 3 rings (SSSR count). The van der Waals surface area contributed by atoms with Crippen LogP contribution in [0.5, 0.6) is 0 Å². The van der Waals surface area contributed by atoms with E-state index in [2.05, 4.69) is 10.7 Å². The molecule has 2 atom stereocenters. The molecule has 0 radical (unpaired) electrons. The highest BCUT2D eigenvalue weighted by Gasteiger charge is 2.35. The van der Waals surface area contributed by atoms with Crippen molar-refractivity contribution in [2.45, 2.75) is 59.1 Å². The number of carbonyl (C=O) groups is 3. The highest BCUT2D eigenvalue weighted by Crippen LogP contribution is 2.40. The van der Waals surface area contributed by atoms with E-state index < -0.39 is 29.6 Å². The van der Waals surface area contributed by atoms with Crippen molar-refractivity contribution in [3.05, 3.63) is 54.1 Å². The van der Waals surface area contributed by atoms with Gasteiger partial charge in [0.1, 0.15) is 11.6 Å². The summed E-state index contributed by atoms with van der Waals surface area (Å²) >= 11 is 0. The fraction of sp³-hybridized carbons (Fsp3) is 0.400. The first-order valence-corrected chi connectivity index (χ1v) is 10.8. The molecule has 1 unspecified atom stereocenters. The zero-order valence-electron chi connectivity index (χ0n) is 19.4. The van der Waals surface area contributed by atoms with Gasteiger partial charge in [-0.25, -0.2) is 9.80 Å². The topological polar surface area (TPSA) is 87.7 Å². The van der Waals surface area contributed by atoms with Crippen LogP contribution < -0.4 is 15.8 Å². The number of rotatable bonds is 4. The first kappa shape index (κ1) is 23.3.